The number of hydrogen-bond donors (Lipinski definition) is 1. The number of nitrogens with one attached hydrogen (secondary N) is 1. The molecule has 0 aliphatic carbocycles. The Bertz CT molecular complexity index is 251. The molecule has 0 spiro atoms. The molecule has 1 N–H and O–H groups in total. The van der Waals surface area contributed by atoms with Crippen LogP contribution in [-0.4, -0.2) is 63.4 Å². The second kappa shape index (κ2) is 9.28. The molecular weight excluding hydrogens is 244 g/mol. The average molecular weight is 272 g/mol. The van der Waals surface area contributed by atoms with Crippen molar-refractivity contribution in [3.8, 4) is 0 Å². The highest BCUT2D eigenvalue weighted by Crippen LogP contribution is 2.18. The maximum atomic E-state index is 11.9. The summed E-state index contributed by atoms with van der Waals surface area (Å²) in [6, 6.07) is -0.235. The van der Waals surface area contributed by atoms with Gasteiger partial charge in [0, 0.05) is 25.6 Å². The average Bonchev–Trinajstić information content (AvgIpc) is 2.48. The first kappa shape index (κ1) is 16.4. The Labute approximate surface area is 116 Å². The number of carbonyl (C=O) groups is 1. The van der Waals surface area contributed by atoms with Crippen LogP contribution in [0.1, 0.15) is 26.7 Å². The lowest BCUT2D eigenvalue weighted by Crippen LogP contribution is -2.48. The predicted octanol–water partition coefficient (Wildman–Crippen LogP) is 0.886. The van der Waals surface area contributed by atoms with Gasteiger partial charge in [0.15, 0.2) is 0 Å². The minimum atomic E-state index is -0.235. The number of ether oxygens (including phenoxy) is 2. The van der Waals surface area contributed by atoms with Gasteiger partial charge < -0.3 is 19.7 Å². The van der Waals surface area contributed by atoms with E-state index in [0.717, 1.165) is 45.6 Å². The molecule has 2 unspecified atom stereocenters. The Hall–Kier alpha value is -0.650. The molecule has 0 saturated carbocycles. The van der Waals surface area contributed by atoms with Gasteiger partial charge in [-0.25, -0.2) is 0 Å². The van der Waals surface area contributed by atoms with Crippen molar-refractivity contribution in [3.63, 3.8) is 0 Å². The monoisotopic (exact) mass is 272 g/mol. The molecule has 19 heavy (non-hydrogen) atoms. The Balaban J connectivity index is 2.43. The third-order valence-corrected chi connectivity index (χ3v) is 3.81. The standard InChI is InChI=1S/C14H28N2O3/c1-4-16(5-2)9-8-15-13(14(17)18-3)12-7-6-10-19-11-12/h12-13,15H,4-11H2,1-3H3. The van der Waals surface area contributed by atoms with E-state index >= 15 is 0 Å². The zero-order chi connectivity index (χ0) is 14.1. The minimum absolute atomic E-state index is 0.171. The van der Waals surface area contributed by atoms with E-state index in [4.69, 9.17) is 9.47 Å². The second-order valence-electron chi connectivity index (χ2n) is 4.96. The zero-order valence-electron chi connectivity index (χ0n) is 12.5. The molecule has 1 aliphatic rings. The van der Waals surface area contributed by atoms with Crippen molar-refractivity contribution < 1.29 is 14.3 Å². The summed E-state index contributed by atoms with van der Waals surface area (Å²) >= 11 is 0. The van der Waals surface area contributed by atoms with Gasteiger partial charge in [0.1, 0.15) is 6.04 Å². The number of methoxy groups -OCH3 is 1. The molecular formula is C14H28N2O3. The Morgan fingerprint density at radius 2 is 2.21 bits per heavy atom. The molecule has 1 saturated heterocycles. The zero-order valence-corrected chi connectivity index (χ0v) is 12.5. The quantitative estimate of drug-likeness (QED) is 0.665. The fourth-order valence-corrected chi connectivity index (χ4v) is 2.52. The number of carbonyl (C=O) groups excluding carboxylic acids is 1. The van der Waals surface area contributed by atoms with Crippen LogP contribution in [0.25, 0.3) is 0 Å². The Morgan fingerprint density at radius 1 is 1.47 bits per heavy atom. The summed E-state index contributed by atoms with van der Waals surface area (Å²) in [5.74, 6) is 0.0629. The number of likely N-dealkylation sites (N-methyl/N-ethyl adjacent to an activating group) is 1. The van der Waals surface area contributed by atoms with Crippen LogP contribution in [-0.2, 0) is 14.3 Å². The molecule has 0 radical (unpaired) electrons. The summed E-state index contributed by atoms with van der Waals surface area (Å²) < 4.78 is 10.4. The van der Waals surface area contributed by atoms with Gasteiger partial charge in [-0.1, -0.05) is 13.8 Å². The van der Waals surface area contributed by atoms with Gasteiger partial charge in [-0.05, 0) is 25.9 Å². The summed E-state index contributed by atoms with van der Waals surface area (Å²) in [6.07, 6.45) is 2.05. The van der Waals surface area contributed by atoms with E-state index < -0.39 is 0 Å². The lowest BCUT2D eigenvalue weighted by molar-refractivity contribution is -0.146. The van der Waals surface area contributed by atoms with E-state index in [9.17, 15) is 4.79 Å². The molecule has 5 heteroatoms. The number of hydrogen-bond acceptors (Lipinski definition) is 5. The molecule has 0 aromatic rings. The van der Waals surface area contributed by atoms with Crippen LogP contribution in [0.5, 0.6) is 0 Å². The Morgan fingerprint density at radius 3 is 2.74 bits per heavy atom. The van der Waals surface area contributed by atoms with Crippen molar-refractivity contribution >= 4 is 5.97 Å². The van der Waals surface area contributed by atoms with Crippen LogP contribution < -0.4 is 5.32 Å². The summed E-state index contributed by atoms with van der Waals surface area (Å²) in [4.78, 5) is 14.2. The van der Waals surface area contributed by atoms with E-state index in [1.165, 1.54) is 7.11 Å². The van der Waals surface area contributed by atoms with Gasteiger partial charge in [0.25, 0.3) is 0 Å². The molecule has 0 aromatic carbocycles. The molecule has 1 rings (SSSR count). The lowest BCUT2D eigenvalue weighted by atomic mass is 9.93. The van der Waals surface area contributed by atoms with Gasteiger partial charge >= 0.3 is 5.97 Å². The topological polar surface area (TPSA) is 50.8 Å². The van der Waals surface area contributed by atoms with Crippen molar-refractivity contribution in [2.45, 2.75) is 32.7 Å². The fraction of sp³-hybridized carbons (Fsp3) is 0.929. The first-order chi connectivity index (χ1) is 9.22. The Kier molecular flexibility index (Phi) is 8.02. The normalized spacial score (nSPS) is 21.4. The molecule has 5 nitrogen and oxygen atoms in total. The molecule has 0 amide bonds. The van der Waals surface area contributed by atoms with E-state index in [1.807, 2.05) is 0 Å². The van der Waals surface area contributed by atoms with Gasteiger partial charge in [-0.3, -0.25) is 4.79 Å². The third-order valence-electron chi connectivity index (χ3n) is 3.81. The summed E-state index contributed by atoms with van der Waals surface area (Å²) in [5.41, 5.74) is 0. The highest BCUT2D eigenvalue weighted by molar-refractivity contribution is 5.76. The van der Waals surface area contributed by atoms with Crippen LogP contribution in [0.2, 0.25) is 0 Å². The minimum Gasteiger partial charge on any atom is -0.468 e. The maximum absolute atomic E-state index is 11.9. The SMILES string of the molecule is CCN(CC)CCNC(C(=O)OC)C1CCCOC1. The van der Waals surface area contributed by atoms with Gasteiger partial charge in [-0.15, -0.1) is 0 Å². The van der Waals surface area contributed by atoms with E-state index in [-0.39, 0.29) is 17.9 Å². The van der Waals surface area contributed by atoms with Gasteiger partial charge in [0.05, 0.1) is 13.7 Å². The molecule has 2 atom stereocenters. The number of esters is 1. The summed E-state index contributed by atoms with van der Waals surface area (Å²) in [6.45, 7) is 9.58. The predicted molar refractivity (Wildman–Crippen MR) is 75.1 cm³/mol. The highest BCUT2D eigenvalue weighted by atomic mass is 16.5. The fourth-order valence-electron chi connectivity index (χ4n) is 2.52. The van der Waals surface area contributed by atoms with Crippen molar-refractivity contribution in [1.29, 1.82) is 0 Å². The highest BCUT2D eigenvalue weighted by Gasteiger charge is 2.30. The van der Waals surface area contributed by atoms with E-state index in [2.05, 4.69) is 24.1 Å². The summed E-state index contributed by atoms with van der Waals surface area (Å²) in [7, 11) is 1.45. The molecule has 0 aromatic heterocycles. The van der Waals surface area contributed by atoms with Crippen molar-refractivity contribution in [2.75, 3.05) is 46.5 Å². The van der Waals surface area contributed by atoms with Crippen molar-refractivity contribution in [2.24, 2.45) is 5.92 Å². The first-order valence-electron chi connectivity index (χ1n) is 7.34. The molecule has 0 bridgehead atoms. The van der Waals surface area contributed by atoms with Crippen LogP contribution in [0.4, 0.5) is 0 Å². The molecule has 1 heterocycles. The van der Waals surface area contributed by atoms with Crippen LogP contribution in [0.15, 0.2) is 0 Å². The first-order valence-corrected chi connectivity index (χ1v) is 7.34. The molecule has 1 fully saturated rings. The maximum Gasteiger partial charge on any atom is 0.323 e. The van der Waals surface area contributed by atoms with E-state index in [1.54, 1.807) is 0 Å². The second-order valence-corrected chi connectivity index (χ2v) is 4.96. The van der Waals surface area contributed by atoms with Crippen molar-refractivity contribution in [3.05, 3.63) is 0 Å². The molecule has 112 valence electrons. The van der Waals surface area contributed by atoms with Crippen molar-refractivity contribution in [1.82, 2.24) is 10.2 Å². The van der Waals surface area contributed by atoms with Gasteiger partial charge in [-0.2, -0.15) is 0 Å². The van der Waals surface area contributed by atoms with Gasteiger partial charge in [0.2, 0.25) is 0 Å². The van der Waals surface area contributed by atoms with E-state index in [0.29, 0.717) is 6.61 Å². The summed E-state index contributed by atoms with van der Waals surface area (Å²) in [5, 5.41) is 3.34. The van der Waals surface area contributed by atoms with Crippen LogP contribution >= 0.6 is 0 Å². The largest absolute Gasteiger partial charge is 0.468 e. The lowest BCUT2D eigenvalue weighted by Gasteiger charge is -2.30. The molecule has 1 aliphatic heterocycles. The third kappa shape index (κ3) is 5.47. The number of nitrogens with zero attached hydrogens (tertiary/aromatic N) is 1. The number of rotatable bonds is 8. The van der Waals surface area contributed by atoms with Crippen LogP contribution in [0.3, 0.4) is 0 Å². The smallest absolute Gasteiger partial charge is 0.323 e. The van der Waals surface area contributed by atoms with Crippen LogP contribution in [0, 0.1) is 5.92 Å².